The molecule has 0 radical (unpaired) electrons. The number of aryl methyl sites for hydroxylation is 1. The van der Waals surface area contributed by atoms with Crippen LogP contribution in [-0.4, -0.2) is 11.5 Å². The molecular weight excluding hydrogens is 251 g/mol. The molecule has 0 aliphatic rings. The zero-order chi connectivity index (χ0) is 13.1. The molecule has 0 amide bonds. The summed E-state index contributed by atoms with van der Waals surface area (Å²) in [6.45, 7) is 4.59. The van der Waals surface area contributed by atoms with Gasteiger partial charge in [-0.2, -0.15) is 0 Å². The van der Waals surface area contributed by atoms with E-state index in [1.165, 1.54) is 12.3 Å². The Balaban J connectivity index is 2.49. The van der Waals surface area contributed by atoms with E-state index in [1.54, 1.807) is 0 Å². The van der Waals surface area contributed by atoms with Crippen LogP contribution in [0.1, 0.15) is 12.5 Å². The molecule has 18 heavy (non-hydrogen) atoms. The molecule has 2 aromatic rings. The van der Waals surface area contributed by atoms with E-state index in [9.17, 15) is 4.39 Å². The Kier molecular flexibility index (Phi) is 3.82. The molecule has 4 heteroatoms. The van der Waals surface area contributed by atoms with Crippen LogP contribution in [0.4, 0.5) is 15.9 Å². The van der Waals surface area contributed by atoms with Gasteiger partial charge in [0.2, 0.25) is 0 Å². The lowest BCUT2D eigenvalue weighted by Crippen LogP contribution is -2.19. The Morgan fingerprint density at radius 3 is 2.67 bits per heavy atom. The maximum atomic E-state index is 13.9. The van der Waals surface area contributed by atoms with Gasteiger partial charge in [0.1, 0.15) is 0 Å². The van der Waals surface area contributed by atoms with Gasteiger partial charge in [0.05, 0.1) is 5.02 Å². The predicted molar refractivity (Wildman–Crippen MR) is 73.1 cm³/mol. The SMILES string of the molecule is CCN(c1ccccc1C)c1ncc(Cl)cc1F. The Morgan fingerprint density at radius 1 is 1.33 bits per heavy atom. The molecule has 0 N–H and O–H groups in total. The van der Waals surface area contributed by atoms with Crippen LogP contribution in [0.3, 0.4) is 0 Å². The average Bonchev–Trinajstić information content (AvgIpc) is 2.34. The lowest BCUT2D eigenvalue weighted by molar-refractivity contribution is 0.619. The van der Waals surface area contributed by atoms with Crippen molar-refractivity contribution < 1.29 is 4.39 Å². The molecule has 2 rings (SSSR count). The summed E-state index contributed by atoms with van der Waals surface area (Å²) in [7, 11) is 0. The largest absolute Gasteiger partial charge is 0.324 e. The molecule has 1 aromatic heterocycles. The van der Waals surface area contributed by atoms with Crippen LogP contribution < -0.4 is 4.90 Å². The number of hydrogen-bond donors (Lipinski definition) is 0. The van der Waals surface area contributed by atoms with Crippen molar-refractivity contribution in [3.63, 3.8) is 0 Å². The fourth-order valence-corrected chi connectivity index (χ4v) is 2.05. The highest BCUT2D eigenvalue weighted by Crippen LogP contribution is 2.29. The third kappa shape index (κ3) is 2.46. The van der Waals surface area contributed by atoms with E-state index in [1.807, 2.05) is 43.0 Å². The average molecular weight is 265 g/mol. The summed E-state index contributed by atoms with van der Waals surface area (Å²) >= 11 is 5.72. The Bertz CT molecular complexity index is 557. The fraction of sp³-hybridized carbons (Fsp3) is 0.214. The molecule has 0 spiro atoms. The molecule has 0 fully saturated rings. The van der Waals surface area contributed by atoms with Crippen molar-refractivity contribution >= 4 is 23.1 Å². The zero-order valence-electron chi connectivity index (χ0n) is 10.3. The number of rotatable bonds is 3. The second-order valence-corrected chi connectivity index (χ2v) is 4.43. The predicted octanol–water partition coefficient (Wildman–Crippen LogP) is 4.34. The van der Waals surface area contributed by atoms with E-state index in [0.717, 1.165) is 11.3 Å². The minimum Gasteiger partial charge on any atom is -0.324 e. The first-order valence-corrected chi connectivity index (χ1v) is 6.15. The van der Waals surface area contributed by atoms with Crippen LogP contribution in [0.5, 0.6) is 0 Å². The van der Waals surface area contributed by atoms with Gasteiger partial charge in [0.15, 0.2) is 11.6 Å². The van der Waals surface area contributed by atoms with E-state index >= 15 is 0 Å². The van der Waals surface area contributed by atoms with Gasteiger partial charge in [0.25, 0.3) is 0 Å². The van der Waals surface area contributed by atoms with Crippen LogP contribution in [-0.2, 0) is 0 Å². The molecule has 0 aliphatic carbocycles. The number of pyridine rings is 1. The topological polar surface area (TPSA) is 16.1 Å². The summed E-state index contributed by atoms with van der Waals surface area (Å²) in [4.78, 5) is 5.92. The number of aromatic nitrogens is 1. The van der Waals surface area contributed by atoms with Gasteiger partial charge >= 0.3 is 0 Å². The third-order valence-corrected chi connectivity index (χ3v) is 2.97. The quantitative estimate of drug-likeness (QED) is 0.820. The first kappa shape index (κ1) is 12.8. The maximum absolute atomic E-state index is 13.9. The molecule has 1 aromatic carbocycles. The molecule has 0 atom stereocenters. The summed E-state index contributed by atoms with van der Waals surface area (Å²) in [5, 5.41) is 0.303. The van der Waals surface area contributed by atoms with Gasteiger partial charge in [-0.05, 0) is 31.5 Å². The molecular formula is C14H14ClFN2. The number of nitrogens with zero attached hydrogens (tertiary/aromatic N) is 2. The lowest BCUT2D eigenvalue weighted by atomic mass is 10.2. The number of anilines is 2. The molecule has 2 nitrogen and oxygen atoms in total. The standard InChI is InChI=1S/C14H14ClFN2/c1-3-18(13-7-5-4-6-10(13)2)14-12(16)8-11(15)9-17-14/h4-9H,3H2,1-2H3. The molecule has 1 heterocycles. The lowest BCUT2D eigenvalue weighted by Gasteiger charge is -2.24. The van der Waals surface area contributed by atoms with E-state index in [2.05, 4.69) is 4.98 Å². The van der Waals surface area contributed by atoms with Crippen LogP contribution in [0.15, 0.2) is 36.5 Å². The molecule has 0 aliphatic heterocycles. The van der Waals surface area contributed by atoms with E-state index in [0.29, 0.717) is 17.4 Å². The Labute approximate surface area is 111 Å². The van der Waals surface area contributed by atoms with Gasteiger partial charge in [-0.1, -0.05) is 29.8 Å². The van der Waals surface area contributed by atoms with Gasteiger partial charge < -0.3 is 4.90 Å². The highest BCUT2D eigenvalue weighted by Gasteiger charge is 2.15. The molecule has 0 saturated carbocycles. The van der Waals surface area contributed by atoms with Crippen molar-refractivity contribution in [2.75, 3.05) is 11.4 Å². The van der Waals surface area contributed by atoms with Crippen molar-refractivity contribution in [3.8, 4) is 0 Å². The summed E-state index contributed by atoms with van der Waals surface area (Å²) in [5.41, 5.74) is 2.03. The van der Waals surface area contributed by atoms with Crippen molar-refractivity contribution in [3.05, 3.63) is 52.9 Å². The summed E-state index contributed by atoms with van der Waals surface area (Å²) < 4.78 is 13.9. The van der Waals surface area contributed by atoms with Gasteiger partial charge in [-0.25, -0.2) is 9.37 Å². The number of halogens is 2. The maximum Gasteiger partial charge on any atom is 0.169 e. The van der Waals surface area contributed by atoms with E-state index in [4.69, 9.17) is 11.6 Å². The van der Waals surface area contributed by atoms with Crippen molar-refractivity contribution in [2.24, 2.45) is 0 Å². The highest BCUT2D eigenvalue weighted by molar-refractivity contribution is 6.30. The van der Waals surface area contributed by atoms with E-state index in [-0.39, 0.29) is 0 Å². The first-order valence-electron chi connectivity index (χ1n) is 5.77. The van der Waals surface area contributed by atoms with Crippen LogP contribution in [0.25, 0.3) is 0 Å². The van der Waals surface area contributed by atoms with Gasteiger partial charge in [0, 0.05) is 18.4 Å². The number of hydrogen-bond acceptors (Lipinski definition) is 2. The zero-order valence-corrected chi connectivity index (χ0v) is 11.1. The van der Waals surface area contributed by atoms with Crippen molar-refractivity contribution in [2.45, 2.75) is 13.8 Å². The normalized spacial score (nSPS) is 10.4. The fourth-order valence-electron chi connectivity index (χ4n) is 1.91. The third-order valence-electron chi connectivity index (χ3n) is 2.77. The van der Waals surface area contributed by atoms with Crippen LogP contribution in [0, 0.1) is 12.7 Å². The summed E-state index contributed by atoms with van der Waals surface area (Å²) in [5.74, 6) is -0.108. The molecule has 0 unspecified atom stereocenters. The molecule has 0 saturated heterocycles. The van der Waals surface area contributed by atoms with Crippen LogP contribution >= 0.6 is 11.6 Å². The highest BCUT2D eigenvalue weighted by atomic mass is 35.5. The smallest absolute Gasteiger partial charge is 0.169 e. The van der Waals surface area contributed by atoms with Crippen molar-refractivity contribution in [1.29, 1.82) is 0 Å². The summed E-state index contributed by atoms with van der Waals surface area (Å²) in [6.07, 6.45) is 1.46. The number of para-hydroxylation sites is 1. The minimum absolute atomic E-state index is 0.302. The second-order valence-electron chi connectivity index (χ2n) is 3.99. The summed E-state index contributed by atoms with van der Waals surface area (Å²) in [6, 6.07) is 9.11. The van der Waals surface area contributed by atoms with Crippen molar-refractivity contribution in [1.82, 2.24) is 4.98 Å². The van der Waals surface area contributed by atoms with E-state index < -0.39 is 5.82 Å². The molecule has 0 bridgehead atoms. The number of benzene rings is 1. The van der Waals surface area contributed by atoms with Gasteiger partial charge in [-0.3, -0.25) is 0 Å². The first-order chi connectivity index (χ1) is 8.63. The van der Waals surface area contributed by atoms with Crippen LogP contribution in [0.2, 0.25) is 5.02 Å². The van der Waals surface area contributed by atoms with Gasteiger partial charge in [-0.15, -0.1) is 0 Å². The molecule has 94 valence electrons. The minimum atomic E-state index is -0.410. The monoisotopic (exact) mass is 264 g/mol. The Morgan fingerprint density at radius 2 is 2.06 bits per heavy atom. The second kappa shape index (κ2) is 5.36. The Hall–Kier alpha value is -1.61.